The first-order valence-electron chi connectivity index (χ1n) is 6.64. The minimum Gasteiger partial charge on any atom is -0.354 e. The van der Waals surface area contributed by atoms with E-state index in [2.05, 4.69) is 34.0 Å². The average Bonchev–Trinajstić information content (AvgIpc) is 2.33. The Hall–Kier alpha value is -1.39. The lowest BCUT2D eigenvalue weighted by molar-refractivity contribution is 0.372. The Labute approximate surface area is 108 Å². The highest BCUT2D eigenvalue weighted by atomic mass is 19.1. The molecule has 1 aliphatic heterocycles. The molecule has 0 aromatic carbocycles. The van der Waals surface area contributed by atoms with E-state index in [1.165, 1.54) is 6.20 Å². The summed E-state index contributed by atoms with van der Waals surface area (Å²) in [5, 5.41) is 3.02. The van der Waals surface area contributed by atoms with E-state index in [9.17, 15) is 4.39 Å². The fraction of sp³-hybridized carbons (Fsp3) is 0.692. The Balaban J connectivity index is 2.23. The molecule has 1 aromatic heterocycles. The van der Waals surface area contributed by atoms with Crippen LogP contribution in [0.15, 0.2) is 6.20 Å². The van der Waals surface area contributed by atoms with Crippen molar-refractivity contribution in [1.29, 1.82) is 0 Å². The van der Waals surface area contributed by atoms with Crippen molar-refractivity contribution in [2.75, 3.05) is 23.3 Å². The van der Waals surface area contributed by atoms with Crippen LogP contribution in [0, 0.1) is 11.7 Å². The quantitative estimate of drug-likeness (QED) is 0.898. The van der Waals surface area contributed by atoms with E-state index in [1.807, 2.05) is 6.92 Å². The fourth-order valence-corrected chi connectivity index (χ4v) is 2.52. The van der Waals surface area contributed by atoms with Gasteiger partial charge in [-0.3, -0.25) is 0 Å². The Kier molecular flexibility index (Phi) is 3.99. The molecular weight excluding hydrogens is 231 g/mol. The summed E-state index contributed by atoms with van der Waals surface area (Å²) in [7, 11) is 0. The molecule has 1 N–H and O–H groups in total. The van der Waals surface area contributed by atoms with E-state index in [4.69, 9.17) is 0 Å². The van der Waals surface area contributed by atoms with Gasteiger partial charge in [0.25, 0.3) is 0 Å². The Morgan fingerprint density at radius 2 is 2.28 bits per heavy atom. The van der Waals surface area contributed by atoms with Gasteiger partial charge in [-0.2, -0.15) is 4.98 Å². The van der Waals surface area contributed by atoms with Crippen LogP contribution in [0.4, 0.5) is 16.2 Å². The number of hydrogen-bond donors (Lipinski definition) is 1. The zero-order valence-corrected chi connectivity index (χ0v) is 11.3. The molecule has 2 heterocycles. The predicted molar refractivity (Wildman–Crippen MR) is 71.4 cm³/mol. The SMILES string of the molecule is CCNc1ncc(F)c(N2CCC(C)CC2C)n1. The number of nitrogens with one attached hydrogen (secondary N) is 1. The molecule has 2 atom stereocenters. The van der Waals surface area contributed by atoms with Crippen LogP contribution in [0.2, 0.25) is 0 Å². The zero-order valence-electron chi connectivity index (χ0n) is 11.3. The van der Waals surface area contributed by atoms with Crippen LogP contribution < -0.4 is 10.2 Å². The highest BCUT2D eigenvalue weighted by Crippen LogP contribution is 2.28. The maximum Gasteiger partial charge on any atom is 0.224 e. The smallest absolute Gasteiger partial charge is 0.224 e. The summed E-state index contributed by atoms with van der Waals surface area (Å²) in [4.78, 5) is 10.3. The maximum atomic E-state index is 13.9. The van der Waals surface area contributed by atoms with Gasteiger partial charge < -0.3 is 10.2 Å². The van der Waals surface area contributed by atoms with Crippen LogP contribution in [-0.4, -0.2) is 29.1 Å². The molecule has 100 valence electrons. The van der Waals surface area contributed by atoms with Crippen LogP contribution >= 0.6 is 0 Å². The number of halogens is 1. The van der Waals surface area contributed by atoms with Crippen LogP contribution in [0.25, 0.3) is 0 Å². The van der Waals surface area contributed by atoms with Gasteiger partial charge in [0.1, 0.15) is 0 Å². The number of rotatable bonds is 3. The van der Waals surface area contributed by atoms with Crippen LogP contribution in [0.1, 0.15) is 33.6 Å². The molecule has 0 bridgehead atoms. The van der Waals surface area contributed by atoms with Crippen molar-refractivity contribution in [3.63, 3.8) is 0 Å². The maximum absolute atomic E-state index is 13.9. The summed E-state index contributed by atoms with van der Waals surface area (Å²) in [6, 6.07) is 0.327. The summed E-state index contributed by atoms with van der Waals surface area (Å²) < 4.78 is 13.9. The molecule has 1 aliphatic rings. The molecule has 1 saturated heterocycles. The van der Waals surface area contributed by atoms with Gasteiger partial charge in [0.2, 0.25) is 5.95 Å². The molecule has 1 fully saturated rings. The van der Waals surface area contributed by atoms with Crippen LogP contribution in [0.3, 0.4) is 0 Å². The van der Waals surface area contributed by atoms with E-state index in [0.717, 1.165) is 25.9 Å². The standard InChI is InChI=1S/C13H21FN4/c1-4-15-13-16-8-11(14)12(17-13)18-6-5-9(2)7-10(18)3/h8-10H,4-7H2,1-3H3,(H,15,16,17). The van der Waals surface area contributed by atoms with Crippen LogP contribution in [0.5, 0.6) is 0 Å². The lowest BCUT2D eigenvalue weighted by Gasteiger charge is -2.37. The minimum absolute atomic E-state index is 0.327. The second-order valence-corrected chi connectivity index (χ2v) is 5.07. The van der Waals surface area contributed by atoms with Crippen LogP contribution in [-0.2, 0) is 0 Å². The average molecular weight is 252 g/mol. The van der Waals surface area contributed by atoms with Crippen molar-refractivity contribution in [3.8, 4) is 0 Å². The van der Waals surface area contributed by atoms with Crippen molar-refractivity contribution < 1.29 is 4.39 Å². The van der Waals surface area contributed by atoms with Gasteiger partial charge in [0, 0.05) is 19.1 Å². The molecule has 4 nitrogen and oxygen atoms in total. The monoisotopic (exact) mass is 252 g/mol. The predicted octanol–water partition coefficient (Wildman–Crippen LogP) is 2.67. The van der Waals surface area contributed by atoms with E-state index in [1.54, 1.807) is 0 Å². The van der Waals surface area contributed by atoms with Crippen molar-refractivity contribution >= 4 is 11.8 Å². The molecular formula is C13H21FN4. The number of aromatic nitrogens is 2. The molecule has 5 heteroatoms. The fourth-order valence-electron chi connectivity index (χ4n) is 2.52. The normalized spacial score (nSPS) is 24.1. The molecule has 1 aromatic rings. The summed E-state index contributed by atoms with van der Waals surface area (Å²) in [5.41, 5.74) is 0. The summed E-state index contributed by atoms with van der Waals surface area (Å²) in [5.74, 6) is 1.30. The zero-order chi connectivity index (χ0) is 13.1. The van der Waals surface area contributed by atoms with Crippen molar-refractivity contribution in [2.24, 2.45) is 5.92 Å². The first kappa shape index (κ1) is 13.1. The second-order valence-electron chi connectivity index (χ2n) is 5.07. The van der Waals surface area contributed by atoms with E-state index in [-0.39, 0.29) is 5.82 Å². The molecule has 2 rings (SSSR count). The first-order chi connectivity index (χ1) is 8.61. The summed E-state index contributed by atoms with van der Waals surface area (Å²) in [6.07, 6.45) is 3.43. The molecule has 0 amide bonds. The second kappa shape index (κ2) is 5.50. The number of nitrogens with zero attached hydrogens (tertiary/aromatic N) is 3. The third kappa shape index (κ3) is 2.71. The van der Waals surface area contributed by atoms with Gasteiger partial charge >= 0.3 is 0 Å². The van der Waals surface area contributed by atoms with Gasteiger partial charge in [-0.1, -0.05) is 6.92 Å². The van der Waals surface area contributed by atoms with Crippen molar-refractivity contribution in [3.05, 3.63) is 12.0 Å². The third-order valence-electron chi connectivity index (χ3n) is 3.47. The highest BCUT2D eigenvalue weighted by Gasteiger charge is 2.26. The molecule has 0 aliphatic carbocycles. The topological polar surface area (TPSA) is 41.1 Å². The lowest BCUT2D eigenvalue weighted by Crippen LogP contribution is -2.41. The molecule has 2 unspecified atom stereocenters. The van der Waals surface area contributed by atoms with Crippen molar-refractivity contribution in [1.82, 2.24) is 9.97 Å². The molecule has 0 saturated carbocycles. The third-order valence-corrected chi connectivity index (χ3v) is 3.47. The first-order valence-corrected chi connectivity index (χ1v) is 6.64. The Morgan fingerprint density at radius 3 is 2.94 bits per heavy atom. The summed E-state index contributed by atoms with van der Waals surface area (Å²) >= 11 is 0. The van der Waals surface area contributed by atoms with Gasteiger partial charge in [0.05, 0.1) is 6.20 Å². The Bertz CT molecular complexity index is 410. The van der Waals surface area contributed by atoms with Crippen molar-refractivity contribution in [2.45, 2.75) is 39.7 Å². The highest BCUT2D eigenvalue weighted by molar-refractivity contribution is 5.45. The van der Waals surface area contributed by atoms with Gasteiger partial charge in [-0.25, -0.2) is 9.37 Å². The van der Waals surface area contributed by atoms with Gasteiger partial charge in [0.15, 0.2) is 11.6 Å². The lowest BCUT2D eigenvalue weighted by atomic mass is 9.93. The minimum atomic E-state index is -0.335. The largest absolute Gasteiger partial charge is 0.354 e. The molecule has 0 spiro atoms. The number of anilines is 2. The van der Waals surface area contributed by atoms with Gasteiger partial charge in [-0.05, 0) is 32.6 Å². The van der Waals surface area contributed by atoms with Gasteiger partial charge in [-0.15, -0.1) is 0 Å². The van der Waals surface area contributed by atoms with E-state index < -0.39 is 0 Å². The van der Waals surface area contributed by atoms with E-state index in [0.29, 0.717) is 23.7 Å². The Morgan fingerprint density at radius 1 is 1.50 bits per heavy atom. The number of hydrogen-bond acceptors (Lipinski definition) is 4. The van der Waals surface area contributed by atoms with E-state index >= 15 is 0 Å². The summed E-state index contributed by atoms with van der Waals surface area (Å²) in [6.45, 7) is 7.94. The molecule has 0 radical (unpaired) electrons. The molecule has 18 heavy (non-hydrogen) atoms. The number of piperidine rings is 1.